The van der Waals surface area contributed by atoms with E-state index in [2.05, 4.69) is 0 Å². The highest BCUT2D eigenvalue weighted by Gasteiger charge is 2.42. The van der Waals surface area contributed by atoms with Crippen LogP contribution in [0.5, 0.6) is 0 Å². The fraction of sp³-hybridized carbons (Fsp3) is 0.889. The van der Waals surface area contributed by atoms with Gasteiger partial charge in [-0.2, -0.15) is 0 Å². The van der Waals surface area contributed by atoms with Crippen molar-refractivity contribution in [3.05, 3.63) is 0 Å². The van der Waals surface area contributed by atoms with E-state index in [0.29, 0.717) is 0 Å². The van der Waals surface area contributed by atoms with Gasteiger partial charge in [-0.1, -0.05) is 0 Å². The van der Waals surface area contributed by atoms with E-state index in [1.54, 1.807) is 6.47 Å². The summed E-state index contributed by atoms with van der Waals surface area (Å²) < 4.78 is 5.05. The molecule has 11 heavy (non-hydrogen) atoms. The van der Waals surface area contributed by atoms with Gasteiger partial charge < -0.3 is 4.74 Å². The lowest BCUT2D eigenvalue weighted by atomic mass is 9.68. The lowest BCUT2D eigenvalue weighted by Crippen LogP contribution is -2.42. The van der Waals surface area contributed by atoms with Crippen molar-refractivity contribution in [2.75, 3.05) is 0 Å². The molecular weight excluding hydrogens is 140 g/mol. The number of fused-ring (bicyclic) bond motifs is 3. The molecule has 3 saturated carbocycles. The van der Waals surface area contributed by atoms with E-state index in [4.69, 9.17) is 4.74 Å². The molecule has 0 heterocycles. The quantitative estimate of drug-likeness (QED) is 0.604. The summed E-state index contributed by atoms with van der Waals surface area (Å²) in [7, 11) is 0. The van der Waals surface area contributed by atoms with Crippen molar-refractivity contribution < 1.29 is 9.53 Å². The Bertz CT molecular complexity index is 143. The lowest BCUT2D eigenvalue weighted by Gasteiger charge is -2.44. The molecule has 3 aliphatic rings. The first kappa shape index (κ1) is 7.14. The van der Waals surface area contributed by atoms with Crippen LogP contribution in [0.4, 0.5) is 0 Å². The highest BCUT2D eigenvalue weighted by Crippen LogP contribution is 2.45. The third-order valence-corrected chi connectivity index (χ3v) is 3.28. The third-order valence-electron chi connectivity index (χ3n) is 3.28. The average molecular weight is 153 g/mol. The second kappa shape index (κ2) is 2.50. The maximum absolute atomic E-state index is 10.1. The molecule has 0 unspecified atom stereocenters. The molecule has 61 valence electrons. The first-order chi connectivity index (χ1) is 5.35. The van der Waals surface area contributed by atoms with Crippen molar-refractivity contribution in [1.29, 1.82) is 0 Å². The molecule has 3 aliphatic carbocycles. The van der Waals surface area contributed by atoms with Crippen LogP contribution in [0.2, 0.25) is 0 Å². The predicted octanol–water partition coefficient (Wildman–Crippen LogP) is 1.79. The van der Waals surface area contributed by atoms with E-state index in [1.165, 1.54) is 19.3 Å². The molecule has 0 aromatic carbocycles. The number of rotatable bonds is 2. The smallest absolute Gasteiger partial charge is 0.418 e. The molecule has 2 heteroatoms. The SMILES string of the molecule is O=[C]OC12CCC(CC1)CC2. The zero-order valence-corrected chi connectivity index (χ0v) is 6.64. The van der Waals surface area contributed by atoms with Crippen LogP contribution >= 0.6 is 0 Å². The summed E-state index contributed by atoms with van der Waals surface area (Å²) >= 11 is 0. The van der Waals surface area contributed by atoms with Crippen molar-refractivity contribution in [1.82, 2.24) is 0 Å². The summed E-state index contributed by atoms with van der Waals surface area (Å²) in [4.78, 5) is 10.1. The normalized spacial score (nSPS) is 42.0. The Hall–Kier alpha value is -0.530. The monoisotopic (exact) mass is 153 g/mol. The Morgan fingerprint density at radius 2 is 1.73 bits per heavy atom. The van der Waals surface area contributed by atoms with Crippen LogP contribution in [0.25, 0.3) is 0 Å². The average Bonchev–Trinajstić information content (AvgIpc) is 2.07. The van der Waals surface area contributed by atoms with Crippen LogP contribution in [0, 0.1) is 5.92 Å². The van der Waals surface area contributed by atoms with Crippen molar-refractivity contribution in [3.63, 3.8) is 0 Å². The molecule has 3 rings (SSSR count). The van der Waals surface area contributed by atoms with Crippen LogP contribution < -0.4 is 0 Å². The summed E-state index contributed by atoms with van der Waals surface area (Å²) in [6.45, 7) is 1.60. The highest BCUT2D eigenvalue weighted by atomic mass is 16.5. The molecule has 0 N–H and O–H groups in total. The number of hydrogen-bond donors (Lipinski definition) is 0. The minimum Gasteiger partial charge on any atom is -0.451 e. The largest absolute Gasteiger partial charge is 0.451 e. The third kappa shape index (κ3) is 1.15. The predicted molar refractivity (Wildman–Crippen MR) is 40.7 cm³/mol. The van der Waals surface area contributed by atoms with Crippen molar-refractivity contribution in [3.8, 4) is 0 Å². The molecule has 0 atom stereocenters. The molecule has 0 saturated heterocycles. The number of ether oxygens (including phenoxy) is 1. The highest BCUT2D eigenvalue weighted by molar-refractivity contribution is 5.39. The Balaban J connectivity index is 2.05. The van der Waals surface area contributed by atoms with Crippen molar-refractivity contribution >= 4 is 6.47 Å². The topological polar surface area (TPSA) is 26.3 Å². The second-order valence-corrected chi connectivity index (χ2v) is 3.85. The Morgan fingerprint density at radius 3 is 2.18 bits per heavy atom. The van der Waals surface area contributed by atoms with Gasteiger partial charge in [0, 0.05) is 0 Å². The van der Waals surface area contributed by atoms with Gasteiger partial charge in [0.25, 0.3) is 0 Å². The summed E-state index contributed by atoms with van der Waals surface area (Å²) in [6.07, 6.45) is 6.98. The summed E-state index contributed by atoms with van der Waals surface area (Å²) in [6, 6.07) is 0. The maximum Gasteiger partial charge on any atom is 0.418 e. The Labute approximate surface area is 66.9 Å². The van der Waals surface area contributed by atoms with Gasteiger partial charge in [-0.3, -0.25) is 0 Å². The second-order valence-electron chi connectivity index (χ2n) is 3.85. The summed E-state index contributed by atoms with van der Waals surface area (Å²) in [5.74, 6) is 0.923. The molecule has 0 aliphatic heterocycles. The van der Waals surface area contributed by atoms with Crippen LogP contribution in [0.15, 0.2) is 0 Å². The van der Waals surface area contributed by atoms with Crippen molar-refractivity contribution in [2.45, 2.75) is 44.1 Å². The Kier molecular flexibility index (Phi) is 1.63. The fourth-order valence-electron chi connectivity index (χ4n) is 2.45. The molecule has 2 bridgehead atoms. The van der Waals surface area contributed by atoms with Gasteiger partial charge in [0.05, 0.1) is 0 Å². The molecule has 0 amide bonds. The summed E-state index contributed by atoms with van der Waals surface area (Å²) in [5.41, 5.74) is -0.0868. The van der Waals surface area contributed by atoms with Crippen LogP contribution in [0.3, 0.4) is 0 Å². The van der Waals surface area contributed by atoms with Crippen LogP contribution in [-0.4, -0.2) is 12.1 Å². The lowest BCUT2D eigenvalue weighted by molar-refractivity contribution is -0.0436. The van der Waals surface area contributed by atoms with E-state index in [9.17, 15) is 4.79 Å². The van der Waals surface area contributed by atoms with E-state index in [0.717, 1.165) is 25.2 Å². The molecular formula is C9H13O2. The molecule has 0 aromatic rings. The van der Waals surface area contributed by atoms with Gasteiger partial charge in [-0.15, -0.1) is 0 Å². The van der Waals surface area contributed by atoms with Gasteiger partial charge in [-0.25, -0.2) is 4.79 Å². The van der Waals surface area contributed by atoms with E-state index in [-0.39, 0.29) is 5.60 Å². The fourth-order valence-corrected chi connectivity index (χ4v) is 2.45. The first-order valence-electron chi connectivity index (χ1n) is 4.40. The van der Waals surface area contributed by atoms with Crippen LogP contribution in [0.1, 0.15) is 38.5 Å². The molecule has 1 radical (unpaired) electrons. The number of hydrogen-bond acceptors (Lipinski definition) is 2. The van der Waals surface area contributed by atoms with Gasteiger partial charge in [-0.05, 0) is 44.4 Å². The molecule has 0 spiro atoms. The molecule has 0 aromatic heterocycles. The van der Waals surface area contributed by atoms with E-state index in [1.807, 2.05) is 0 Å². The minimum atomic E-state index is -0.0868. The van der Waals surface area contributed by atoms with Crippen LogP contribution in [-0.2, 0) is 9.53 Å². The van der Waals surface area contributed by atoms with Gasteiger partial charge in [0.1, 0.15) is 5.60 Å². The maximum atomic E-state index is 10.1. The zero-order valence-electron chi connectivity index (χ0n) is 6.64. The van der Waals surface area contributed by atoms with Gasteiger partial charge in [0.2, 0.25) is 0 Å². The van der Waals surface area contributed by atoms with Crippen molar-refractivity contribution in [2.24, 2.45) is 5.92 Å². The Morgan fingerprint density at radius 1 is 1.18 bits per heavy atom. The summed E-state index contributed by atoms with van der Waals surface area (Å²) in [5, 5.41) is 0. The van der Waals surface area contributed by atoms with E-state index < -0.39 is 0 Å². The van der Waals surface area contributed by atoms with Gasteiger partial charge in [0.15, 0.2) is 0 Å². The minimum absolute atomic E-state index is 0.0868. The first-order valence-corrected chi connectivity index (χ1v) is 4.40. The standard InChI is InChI=1S/C9H13O2/c10-7-11-9-4-1-8(2-5-9)3-6-9/h8H,1-6H2. The van der Waals surface area contributed by atoms with Gasteiger partial charge >= 0.3 is 6.47 Å². The zero-order chi connectivity index (χ0) is 7.73. The van der Waals surface area contributed by atoms with E-state index >= 15 is 0 Å². The molecule has 3 fully saturated rings. The molecule has 2 nitrogen and oxygen atoms in total. The number of carbonyl (C=O) groups excluding carboxylic acids is 1.